The van der Waals surface area contributed by atoms with E-state index in [4.69, 9.17) is 10.0 Å². The Bertz CT molecular complexity index is 301. The number of rotatable bonds is 2. The second kappa shape index (κ2) is 5.35. The van der Waals surface area contributed by atoms with E-state index in [0.717, 1.165) is 18.9 Å². The van der Waals surface area contributed by atoms with Gasteiger partial charge in [-0.2, -0.15) is 0 Å². The van der Waals surface area contributed by atoms with Crippen LogP contribution in [0.4, 0.5) is 5.82 Å². The third-order valence-electron chi connectivity index (χ3n) is 2.50. The van der Waals surface area contributed by atoms with Crippen molar-refractivity contribution >= 4 is 30.8 Å². The molecule has 2 heterocycles. The smallest absolute Gasteiger partial charge is 0.423 e. The maximum Gasteiger partial charge on any atom is 0.490 e. The molecule has 2 rings (SSSR count). The summed E-state index contributed by atoms with van der Waals surface area (Å²) in [7, 11) is -1.42. The zero-order valence-electron chi connectivity index (χ0n) is 8.33. The average Bonchev–Trinajstić information content (AvgIpc) is 2.71. The standard InChI is InChI=1S/C9H13BN2O2.ClH/c13-10(14)8-3-4-9(11-7-8)12-5-1-2-6-12;/h3-4,7,13-14H,1-2,5-6H2;1H. The second-order valence-corrected chi connectivity index (χ2v) is 3.52. The van der Waals surface area contributed by atoms with Crippen LogP contribution in [0.5, 0.6) is 0 Å². The van der Waals surface area contributed by atoms with E-state index >= 15 is 0 Å². The van der Waals surface area contributed by atoms with Crippen LogP contribution in [-0.4, -0.2) is 35.2 Å². The maximum absolute atomic E-state index is 8.88. The lowest BCUT2D eigenvalue weighted by molar-refractivity contribution is 0.425. The summed E-state index contributed by atoms with van der Waals surface area (Å²) in [5.74, 6) is 0.923. The molecule has 1 aromatic heterocycles. The number of pyridine rings is 1. The first-order valence-electron chi connectivity index (χ1n) is 4.84. The second-order valence-electron chi connectivity index (χ2n) is 3.52. The Balaban J connectivity index is 0.00000112. The number of anilines is 1. The van der Waals surface area contributed by atoms with E-state index in [0.29, 0.717) is 5.46 Å². The van der Waals surface area contributed by atoms with Crippen molar-refractivity contribution in [3.8, 4) is 0 Å². The molecule has 2 N–H and O–H groups in total. The third kappa shape index (κ3) is 2.84. The molecule has 0 amide bonds. The predicted octanol–water partition coefficient (Wildman–Crippen LogP) is -0.217. The van der Waals surface area contributed by atoms with Gasteiger partial charge in [0, 0.05) is 24.7 Å². The van der Waals surface area contributed by atoms with Crippen LogP contribution < -0.4 is 10.4 Å². The molecule has 1 fully saturated rings. The molecular formula is C9H14BClN2O2. The lowest BCUT2D eigenvalue weighted by Gasteiger charge is -2.15. The summed E-state index contributed by atoms with van der Waals surface area (Å²) in [5, 5.41) is 17.8. The Morgan fingerprint density at radius 2 is 1.87 bits per heavy atom. The van der Waals surface area contributed by atoms with Crippen molar-refractivity contribution in [3.05, 3.63) is 18.3 Å². The molecule has 0 radical (unpaired) electrons. The fourth-order valence-corrected chi connectivity index (χ4v) is 1.68. The lowest BCUT2D eigenvalue weighted by Crippen LogP contribution is -2.30. The molecule has 0 saturated carbocycles. The Morgan fingerprint density at radius 1 is 1.20 bits per heavy atom. The molecule has 0 atom stereocenters. The molecule has 1 aliphatic rings. The molecule has 1 aromatic rings. The minimum absolute atomic E-state index is 0. The summed E-state index contributed by atoms with van der Waals surface area (Å²) in [6.07, 6.45) is 3.94. The van der Waals surface area contributed by atoms with E-state index in [1.54, 1.807) is 6.07 Å². The van der Waals surface area contributed by atoms with Gasteiger partial charge in [-0.05, 0) is 18.9 Å². The fourth-order valence-electron chi connectivity index (χ4n) is 1.68. The van der Waals surface area contributed by atoms with Crippen LogP contribution in [0, 0.1) is 0 Å². The van der Waals surface area contributed by atoms with Crippen LogP contribution >= 0.6 is 12.4 Å². The van der Waals surface area contributed by atoms with Gasteiger partial charge in [0.1, 0.15) is 5.82 Å². The van der Waals surface area contributed by atoms with Gasteiger partial charge >= 0.3 is 7.12 Å². The van der Waals surface area contributed by atoms with E-state index < -0.39 is 7.12 Å². The highest BCUT2D eigenvalue weighted by Gasteiger charge is 2.15. The molecule has 4 nitrogen and oxygen atoms in total. The van der Waals surface area contributed by atoms with Crippen molar-refractivity contribution in [1.82, 2.24) is 4.98 Å². The summed E-state index contributed by atoms with van der Waals surface area (Å²) in [4.78, 5) is 6.39. The lowest BCUT2D eigenvalue weighted by atomic mass is 9.82. The topological polar surface area (TPSA) is 56.6 Å². The maximum atomic E-state index is 8.88. The first-order chi connectivity index (χ1) is 6.77. The van der Waals surface area contributed by atoms with Crippen molar-refractivity contribution < 1.29 is 10.0 Å². The van der Waals surface area contributed by atoms with E-state index in [-0.39, 0.29) is 12.4 Å². The number of hydrogen-bond donors (Lipinski definition) is 2. The van der Waals surface area contributed by atoms with Crippen molar-refractivity contribution in [2.24, 2.45) is 0 Å². The van der Waals surface area contributed by atoms with Crippen LogP contribution in [0.2, 0.25) is 0 Å². The number of nitrogens with zero attached hydrogens (tertiary/aromatic N) is 2. The van der Waals surface area contributed by atoms with E-state index in [1.165, 1.54) is 19.0 Å². The summed E-state index contributed by atoms with van der Waals surface area (Å²) < 4.78 is 0. The zero-order chi connectivity index (χ0) is 9.97. The fraction of sp³-hybridized carbons (Fsp3) is 0.444. The van der Waals surface area contributed by atoms with Gasteiger partial charge in [0.25, 0.3) is 0 Å². The van der Waals surface area contributed by atoms with Gasteiger partial charge in [0.2, 0.25) is 0 Å². The Labute approximate surface area is 95.5 Å². The van der Waals surface area contributed by atoms with Gasteiger partial charge in [0.15, 0.2) is 0 Å². The summed E-state index contributed by atoms with van der Waals surface area (Å²) in [6.45, 7) is 2.10. The average molecular weight is 228 g/mol. The highest BCUT2D eigenvalue weighted by atomic mass is 35.5. The highest BCUT2D eigenvalue weighted by Crippen LogP contribution is 2.15. The van der Waals surface area contributed by atoms with Gasteiger partial charge in [-0.25, -0.2) is 4.98 Å². The SMILES string of the molecule is Cl.OB(O)c1ccc(N2CCCC2)nc1. The van der Waals surface area contributed by atoms with E-state index in [2.05, 4.69) is 9.88 Å². The van der Waals surface area contributed by atoms with E-state index in [9.17, 15) is 0 Å². The quantitative estimate of drug-likeness (QED) is 0.688. The van der Waals surface area contributed by atoms with Crippen molar-refractivity contribution in [2.45, 2.75) is 12.8 Å². The monoisotopic (exact) mass is 228 g/mol. The van der Waals surface area contributed by atoms with Crippen LogP contribution in [-0.2, 0) is 0 Å². The first-order valence-corrected chi connectivity index (χ1v) is 4.84. The summed E-state index contributed by atoms with van der Waals surface area (Å²) in [5.41, 5.74) is 0.438. The Morgan fingerprint density at radius 3 is 2.33 bits per heavy atom. The minimum Gasteiger partial charge on any atom is -0.423 e. The summed E-state index contributed by atoms with van der Waals surface area (Å²) >= 11 is 0. The molecule has 15 heavy (non-hydrogen) atoms. The molecular weight excluding hydrogens is 214 g/mol. The largest absolute Gasteiger partial charge is 0.490 e. The van der Waals surface area contributed by atoms with Gasteiger partial charge < -0.3 is 14.9 Å². The third-order valence-corrected chi connectivity index (χ3v) is 2.50. The zero-order valence-corrected chi connectivity index (χ0v) is 9.15. The van der Waals surface area contributed by atoms with Gasteiger partial charge in [-0.15, -0.1) is 12.4 Å². The van der Waals surface area contributed by atoms with Gasteiger partial charge in [-0.3, -0.25) is 0 Å². The van der Waals surface area contributed by atoms with Crippen molar-refractivity contribution in [2.75, 3.05) is 18.0 Å². The number of halogens is 1. The minimum atomic E-state index is -1.42. The molecule has 82 valence electrons. The van der Waals surface area contributed by atoms with E-state index in [1.807, 2.05) is 6.07 Å². The van der Waals surface area contributed by atoms with Gasteiger partial charge in [0.05, 0.1) is 0 Å². The number of hydrogen-bond acceptors (Lipinski definition) is 4. The van der Waals surface area contributed by atoms with Crippen LogP contribution in [0.1, 0.15) is 12.8 Å². The predicted molar refractivity (Wildman–Crippen MR) is 62.8 cm³/mol. The first kappa shape index (κ1) is 12.3. The van der Waals surface area contributed by atoms with Crippen molar-refractivity contribution in [3.63, 3.8) is 0 Å². The molecule has 0 unspecified atom stereocenters. The molecule has 1 saturated heterocycles. The molecule has 0 spiro atoms. The molecule has 0 bridgehead atoms. The summed E-state index contributed by atoms with van der Waals surface area (Å²) in [6, 6.07) is 3.53. The Kier molecular flexibility index (Phi) is 4.38. The highest BCUT2D eigenvalue weighted by molar-refractivity contribution is 6.58. The molecule has 0 aliphatic carbocycles. The molecule has 6 heteroatoms. The van der Waals surface area contributed by atoms with Gasteiger partial charge in [-0.1, -0.05) is 6.07 Å². The van der Waals surface area contributed by atoms with Crippen LogP contribution in [0.25, 0.3) is 0 Å². The molecule has 1 aliphatic heterocycles. The van der Waals surface area contributed by atoms with Crippen molar-refractivity contribution in [1.29, 1.82) is 0 Å². The molecule has 0 aromatic carbocycles. The normalized spacial score (nSPS) is 14.9. The van der Waals surface area contributed by atoms with Crippen LogP contribution in [0.15, 0.2) is 18.3 Å². The number of aromatic nitrogens is 1. The Hall–Kier alpha value is -0.775. The van der Waals surface area contributed by atoms with Crippen LogP contribution in [0.3, 0.4) is 0 Å².